The molecular weight excluding hydrogens is 491 g/mol. The van der Waals surface area contributed by atoms with Crippen LogP contribution < -0.4 is 21.1 Å². The molecule has 0 spiro atoms. The number of carbonyl (C=O) groups excluding carboxylic acids is 2. The van der Waals surface area contributed by atoms with E-state index in [1.54, 1.807) is 37.5 Å². The van der Waals surface area contributed by atoms with E-state index in [4.69, 9.17) is 20.4 Å². The van der Waals surface area contributed by atoms with E-state index in [0.29, 0.717) is 12.1 Å². The van der Waals surface area contributed by atoms with Crippen molar-refractivity contribution in [3.05, 3.63) is 72.3 Å². The predicted octanol–water partition coefficient (Wildman–Crippen LogP) is 3.68. The van der Waals surface area contributed by atoms with Gasteiger partial charge in [-0.3, -0.25) is 9.59 Å². The minimum atomic E-state index is -5.08. The lowest BCUT2D eigenvalue weighted by molar-refractivity contribution is -0.192. The van der Waals surface area contributed by atoms with Gasteiger partial charge in [-0.05, 0) is 61.4 Å². The first-order valence-electron chi connectivity index (χ1n) is 11.5. The van der Waals surface area contributed by atoms with Crippen LogP contribution in [-0.4, -0.2) is 48.3 Å². The lowest BCUT2D eigenvalue weighted by Crippen LogP contribution is -2.46. The molecule has 0 aromatic heterocycles. The Morgan fingerprint density at radius 3 is 2.22 bits per heavy atom. The molecule has 8 nitrogen and oxygen atoms in total. The van der Waals surface area contributed by atoms with Crippen LogP contribution in [0, 0.1) is 5.92 Å². The van der Waals surface area contributed by atoms with Gasteiger partial charge in [-0.2, -0.15) is 13.2 Å². The standard InChI is InChI=1S/C24H29N3O3.C2HF3O2/c1-30-21-14-11-19(12-15-21)26-22(28)16-13-20(10-7-17-5-3-2-4-6-17)27-24(29)23(25)18-8-9-18;3-2(4,5)1(6)7/h2-6,11-16,18,20,23H,7-10,25H2,1H3,(H,26,28)(H,27,29);(H,6,7)/b16-13+;/t20-,23?;/m0./s1. The van der Waals surface area contributed by atoms with Gasteiger partial charge in [0.1, 0.15) is 5.75 Å². The number of nitrogens with two attached hydrogens (primary N) is 1. The van der Waals surface area contributed by atoms with Gasteiger partial charge >= 0.3 is 12.1 Å². The summed E-state index contributed by atoms with van der Waals surface area (Å²) in [4.78, 5) is 33.7. The molecule has 1 saturated carbocycles. The van der Waals surface area contributed by atoms with E-state index in [1.807, 2.05) is 18.2 Å². The van der Waals surface area contributed by atoms with Gasteiger partial charge in [0.25, 0.3) is 0 Å². The molecule has 37 heavy (non-hydrogen) atoms. The zero-order valence-corrected chi connectivity index (χ0v) is 20.2. The van der Waals surface area contributed by atoms with Crippen molar-refractivity contribution in [3.8, 4) is 5.75 Å². The Morgan fingerprint density at radius 1 is 1.11 bits per heavy atom. The van der Waals surface area contributed by atoms with Crippen molar-refractivity contribution < 1.29 is 37.4 Å². The average Bonchev–Trinajstić information content (AvgIpc) is 3.71. The number of hydrogen-bond donors (Lipinski definition) is 4. The number of hydrogen-bond acceptors (Lipinski definition) is 5. The number of aryl methyl sites for hydroxylation is 1. The third-order valence-electron chi connectivity index (χ3n) is 5.43. The first kappa shape index (κ1) is 29.4. The summed E-state index contributed by atoms with van der Waals surface area (Å²) in [6, 6.07) is 16.4. The van der Waals surface area contributed by atoms with Crippen molar-refractivity contribution in [2.45, 2.75) is 43.9 Å². The molecular formula is C26H30F3N3O5. The highest BCUT2D eigenvalue weighted by Gasteiger charge is 2.38. The van der Waals surface area contributed by atoms with E-state index in [1.165, 1.54) is 11.6 Å². The van der Waals surface area contributed by atoms with Crippen LogP contribution in [-0.2, 0) is 20.8 Å². The van der Waals surface area contributed by atoms with Crippen LogP contribution in [0.15, 0.2) is 66.7 Å². The Balaban J connectivity index is 0.000000604. The molecule has 2 atom stereocenters. The number of halogens is 3. The third-order valence-corrected chi connectivity index (χ3v) is 5.43. The Labute approximate surface area is 212 Å². The van der Waals surface area contributed by atoms with Crippen molar-refractivity contribution >= 4 is 23.5 Å². The number of benzene rings is 2. The molecule has 0 radical (unpaired) electrons. The Morgan fingerprint density at radius 2 is 1.70 bits per heavy atom. The predicted molar refractivity (Wildman–Crippen MR) is 132 cm³/mol. The molecule has 2 amide bonds. The average molecular weight is 522 g/mol. The Hall–Kier alpha value is -3.86. The molecule has 200 valence electrons. The van der Waals surface area contributed by atoms with Crippen LogP contribution in [0.4, 0.5) is 18.9 Å². The lowest BCUT2D eigenvalue weighted by atomic mass is 10.0. The van der Waals surface area contributed by atoms with Gasteiger partial charge in [-0.15, -0.1) is 0 Å². The molecule has 1 fully saturated rings. The maximum Gasteiger partial charge on any atom is 0.490 e. The summed E-state index contributed by atoms with van der Waals surface area (Å²) in [7, 11) is 1.59. The largest absolute Gasteiger partial charge is 0.497 e. The van der Waals surface area contributed by atoms with E-state index in [9.17, 15) is 22.8 Å². The molecule has 0 aliphatic heterocycles. The summed E-state index contributed by atoms with van der Waals surface area (Å²) in [5.41, 5.74) is 7.89. The molecule has 2 aromatic rings. The molecule has 3 rings (SSSR count). The molecule has 1 aliphatic rings. The first-order valence-corrected chi connectivity index (χ1v) is 11.5. The maximum atomic E-state index is 12.5. The van der Waals surface area contributed by atoms with Gasteiger partial charge in [0.15, 0.2) is 0 Å². The molecule has 0 bridgehead atoms. The normalized spacial score (nSPS) is 14.6. The number of rotatable bonds is 10. The second kappa shape index (κ2) is 14.0. The van der Waals surface area contributed by atoms with Gasteiger partial charge < -0.3 is 26.2 Å². The number of carboxylic acids is 1. The van der Waals surface area contributed by atoms with E-state index in [-0.39, 0.29) is 23.8 Å². The van der Waals surface area contributed by atoms with Crippen LogP contribution >= 0.6 is 0 Å². The van der Waals surface area contributed by atoms with E-state index in [2.05, 4.69) is 22.8 Å². The number of carbonyl (C=O) groups is 3. The molecule has 0 heterocycles. The van der Waals surface area contributed by atoms with Crippen LogP contribution in [0.1, 0.15) is 24.8 Å². The summed E-state index contributed by atoms with van der Waals surface area (Å²) < 4.78 is 36.9. The maximum absolute atomic E-state index is 12.5. The minimum Gasteiger partial charge on any atom is -0.497 e. The number of ether oxygens (including phenoxy) is 1. The number of amides is 2. The van der Waals surface area contributed by atoms with Crippen LogP contribution in [0.3, 0.4) is 0 Å². The summed E-state index contributed by atoms with van der Waals surface area (Å²) in [5.74, 6) is -2.17. The Kier molecular flexibility index (Phi) is 11.1. The van der Waals surface area contributed by atoms with Gasteiger partial charge in [0.05, 0.1) is 13.2 Å². The number of methoxy groups -OCH3 is 1. The molecule has 11 heteroatoms. The van der Waals surface area contributed by atoms with Crippen LogP contribution in [0.2, 0.25) is 0 Å². The Bertz CT molecular complexity index is 1060. The smallest absolute Gasteiger partial charge is 0.490 e. The van der Waals surface area contributed by atoms with Crippen molar-refractivity contribution in [3.63, 3.8) is 0 Å². The van der Waals surface area contributed by atoms with Crippen LogP contribution in [0.25, 0.3) is 0 Å². The van der Waals surface area contributed by atoms with E-state index < -0.39 is 18.2 Å². The van der Waals surface area contributed by atoms with E-state index in [0.717, 1.165) is 25.0 Å². The minimum absolute atomic E-state index is 0.157. The van der Waals surface area contributed by atoms with Gasteiger partial charge in [-0.25, -0.2) is 4.79 Å². The van der Waals surface area contributed by atoms with E-state index >= 15 is 0 Å². The molecule has 2 aromatic carbocycles. The van der Waals surface area contributed by atoms with Gasteiger partial charge in [0.2, 0.25) is 11.8 Å². The number of anilines is 1. The number of carboxylic acid groups (broad SMARTS) is 1. The first-order chi connectivity index (χ1) is 17.5. The lowest BCUT2D eigenvalue weighted by Gasteiger charge is -2.18. The molecule has 5 N–H and O–H groups in total. The highest BCUT2D eigenvalue weighted by molar-refractivity contribution is 5.99. The highest BCUT2D eigenvalue weighted by Crippen LogP contribution is 2.31. The number of alkyl halides is 3. The zero-order chi connectivity index (χ0) is 27.4. The topological polar surface area (TPSA) is 131 Å². The van der Waals surface area contributed by atoms with Crippen molar-refractivity contribution in [1.82, 2.24) is 5.32 Å². The van der Waals surface area contributed by atoms with Gasteiger partial charge in [-0.1, -0.05) is 36.4 Å². The molecule has 0 saturated heterocycles. The van der Waals surface area contributed by atoms with Gasteiger partial charge in [0, 0.05) is 17.8 Å². The summed E-state index contributed by atoms with van der Waals surface area (Å²) in [6.45, 7) is 0. The number of aliphatic carboxylic acids is 1. The van der Waals surface area contributed by atoms with Crippen molar-refractivity contribution in [2.24, 2.45) is 11.7 Å². The molecule has 1 aliphatic carbocycles. The SMILES string of the molecule is COc1ccc(NC(=O)/C=C/[C@H](CCc2ccccc2)NC(=O)C(N)C2CC2)cc1.O=C(O)C(F)(F)F. The highest BCUT2D eigenvalue weighted by atomic mass is 19.4. The zero-order valence-electron chi connectivity index (χ0n) is 20.2. The third kappa shape index (κ3) is 11.2. The molecule has 1 unspecified atom stereocenters. The summed E-state index contributed by atoms with van der Waals surface area (Å²) in [6.07, 6.45) is 1.59. The second-order valence-corrected chi connectivity index (χ2v) is 8.38. The fourth-order valence-electron chi connectivity index (χ4n) is 3.19. The quantitative estimate of drug-likeness (QED) is 0.353. The van der Waals surface area contributed by atoms with Crippen LogP contribution in [0.5, 0.6) is 5.75 Å². The fourth-order valence-corrected chi connectivity index (χ4v) is 3.19. The number of nitrogens with one attached hydrogen (secondary N) is 2. The second-order valence-electron chi connectivity index (χ2n) is 8.38. The fraction of sp³-hybridized carbons (Fsp3) is 0.346. The monoisotopic (exact) mass is 521 g/mol. The van der Waals surface area contributed by atoms with Crippen molar-refractivity contribution in [1.29, 1.82) is 0 Å². The summed E-state index contributed by atoms with van der Waals surface area (Å²) in [5, 5.41) is 12.9. The van der Waals surface area contributed by atoms with Crippen molar-refractivity contribution in [2.75, 3.05) is 12.4 Å². The summed E-state index contributed by atoms with van der Waals surface area (Å²) >= 11 is 0.